The molecule has 0 aliphatic heterocycles. The van der Waals surface area contributed by atoms with Crippen molar-refractivity contribution < 1.29 is 0 Å². The van der Waals surface area contributed by atoms with Crippen molar-refractivity contribution in [2.24, 2.45) is 5.73 Å². The highest BCUT2D eigenvalue weighted by atomic mass is 32.1. The van der Waals surface area contributed by atoms with Gasteiger partial charge in [-0.3, -0.25) is 0 Å². The van der Waals surface area contributed by atoms with E-state index in [2.05, 4.69) is 10.1 Å². The summed E-state index contributed by atoms with van der Waals surface area (Å²) in [7, 11) is 0. The molecule has 0 bridgehead atoms. The minimum Gasteiger partial charge on any atom is -0.392 e. The van der Waals surface area contributed by atoms with Crippen LogP contribution in [0.5, 0.6) is 0 Å². The molecule has 4 nitrogen and oxygen atoms in total. The molecule has 64 valence electrons. The van der Waals surface area contributed by atoms with E-state index in [1.807, 2.05) is 0 Å². The molecule has 1 fully saturated rings. The maximum Gasteiger partial charge on any atom is 0.153 e. The highest BCUT2D eigenvalue weighted by molar-refractivity contribution is 7.80. The molecule has 1 aromatic heterocycles. The summed E-state index contributed by atoms with van der Waals surface area (Å²) in [6.45, 7) is 0.495. The summed E-state index contributed by atoms with van der Waals surface area (Å²) >= 11 is 4.76. The van der Waals surface area contributed by atoms with Crippen molar-refractivity contribution in [3.8, 4) is 0 Å². The molecule has 2 N–H and O–H groups in total. The van der Waals surface area contributed by atoms with Gasteiger partial charge in [-0.25, -0.2) is 9.67 Å². The SMILES string of the molecule is NC(=S)Cn1cnc(C2CC2)n1. The molecule has 1 aliphatic carbocycles. The van der Waals surface area contributed by atoms with E-state index in [0.717, 1.165) is 5.82 Å². The molecule has 1 heterocycles. The molecule has 0 atom stereocenters. The van der Waals surface area contributed by atoms with Crippen LogP contribution in [0, 0.1) is 0 Å². The first-order valence-electron chi connectivity index (χ1n) is 3.93. The number of aromatic nitrogens is 3. The predicted molar refractivity (Wildman–Crippen MR) is 48.8 cm³/mol. The molecule has 5 heteroatoms. The monoisotopic (exact) mass is 182 g/mol. The molecular weight excluding hydrogens is 172 g/mol. The van der Waals surface area contributed by atoms with Crippen LogP contribution < -0.4 is 5.73 Å². The van der Waals surface area contributed by atoms with E-state index in [1.165, 1.54) is 12.8 Å². The van der Waals surface area contributed by atoms with E-state index >= 15 is 0 Å². The molecule has 0 amide bonds. The Morgan fingerprint density at radius 2 is 2.50 bits per heavy atom. The summed E-state index contributed by atoms with van der Waals surface area (Å²) in [6.07, 6.45) is 4.13. The Labute approximate surface area is 75.8 Å². The van der Waals surface area contributed by atoms with Crippen molar-refractivity contribution in [1.82, 2.24) is 14.8 Å². The zero-order valence-corrected chi connectivity index (χ0v) is 7.42. The average molecular weight is 182 g/mol. The molecule has 2 rings (SSSR count). The third-order valence-corrected chi connectivity index (χ3v) is 1.94. The Morgan fingerprint density at radius 1 is 1.75 bits per heavy atom. The second-order valence-corrected chi connectivity index (χ2v) is 3.57. The first-order chi connectivity index (χ1) is 5.75. The van der Waals surface area contributed by atoms with Crippen LogP contribution in [0.15, 0.2) is 6.33 Å². The molecule has 0 aromatic carbocycles. The van der Waals surface area contributed by atoms with Gasteiger partial charge in [-0.2, -0.15) is 5.10 Å². The van der Waals surface area contributed by atoms with Gasteiger partial charge in [0.05, 0.1) is 11.5 Å². The number of nitrogens with zero attached hydrogens (tertiary/aromatic N) is 3. The van der Waals surface area contributed by atoms with E-state index in [0.29, 0.717) is 17.5 Å². The van der Waals surface area contributed by atoms with Gasteiger partial charge in [0.2, 0.25) is 0 Å². The smallest absolute Gasteiger partial charge is 0.153 e. The van der Waals surface area contributed by atoms with E-state index < -0.39 is 0 Å². The Balaban J connectivity index is 2.07. The molecule has 0 radical (unpaired) electrons. The Bertz CT molecular complexity index is 302. The van der Waals surface area contributed by atoms with Gasteiger partial charge in [-0.15, -0.1) is 0 Å². The van der Waals surface area contributed by atoms with Crippen LogP contribution in [0.4, 0.5) is 0 Å². The molecule has 1 saturated carbocycles. The molecule has 0 spiro atoms. The second kappa shape index (κ2) is 2.82. The van der Waals surface area contributed by atoms with Crippen molar-refractivity contribution in [3.63, 3.8) is 0 Å². The summed E-state index contributed by atoms with van der Waals surface area (Å²) < 4.78 is 1.69. The van der Waals surface area contributed by atoms with Crippen LogP contribution in [0.2, 0.25) is 0 Å². The minimum absolute atomic E-state index is 0.447. The highest BCUT2D eigenvalue weighted by Gasteiger charge is 2.27. The maximum absolute atomic E-state index is 5.37. The van der Waals surface area contributed by atoms with Gasteiger partial charge in [0, 0.05) is 5.92 Å². The number of thiocarbonyl (C=S) groups is 1. The molecule has 1 aliphatic rings. The van der Waals surface area contributed by atoms with Crippen LogP contribution in [0.1, 0.15) is 24.6 Å². The van der Waals surface area contributed by atoms with Crippen molar-refractivity contribution in [2.45, 2.75) is 25.3 Å². The van der Waals surface area contributed by atoms with Crippen molar-refractivity contribution in [3.05, 3.63) is 12.2 Å². The fraction of sp³-hybridized carbons (Fsp3) is 0.571. The summed E-state index contributed by atoms with van der Waals surface area (Å²) in [4.78, 5) is 4.61. The van der Waals surface area contributed by atoms with Crippen LogP contribution in [-0.2, 0) is 6.54 Å². The van der Waals surface area contributed by atoms with E-state index in [-0.39, 0.29) is 0 Å². The van der Waals surface area contributed by atoms with Gasteiger partial charge in [0.1, 0.15) is 6.33 Å². The lowest BCUT2D eigenvalue weighted by atomic mass is 10.4. The van der Waals surface area contributed by atoms with Gasteiger partial charge >= 0.3 is 0 Å². The Morgan fingerprint density at radius 3 is 3.08 bits per heavy atom. The molecule has 1 aromatic rings. The molecule has 0 saturated heterocycles. The first kappa shape index (κ1) is 7.67. The van der Waals surface area contributed by atoms with E-state index in [9.17, 15) is 0 Å². The zero-order valence-electron chi connectivity index (χ0n) is 6.60. The van der Waals surface area contributed by atoms with Crippen molar-refractivity contribution >= 4 is 17.2 Å². The number of nitrogens with two attached hydrogens (primary N) is 1. The minimum atomic E-state index is 0.447. The maximum atomic E-state index is 5.37. The zero-order chi connectivity index (χ0) is 8.55. The molecular formula is C7H10N4S. The van der Waals surface area contributed by atoms with E-state index in [1.54, 1.807) is 11.0 Å². The summed E-state index contributed by atoms with van der Waals surface area (Å²) in [6, 6.07) is 0. The fourth-order valence-electron chi connectivity index (χ4n) is 1.07. The normalized spacial score (nSPS) is 16.3. The molecule has 12 heavy (non-hydrogen) atoms. The first-order valence-corrected chi connectivity index (χ1v) is 4.34. The van der Waals surface area contributed by atoms with Crippen molar-refractivity contribution in [2.75, 3.05) is 0 Å². The molecule has 0 unspecified atom stereocenters. The largest absolute Gasteiger partial charge is 0.392 e. The number of rotatable bonds is 3. The summed E-state index contributed by atoms with van der Waals surface area (Å²) in [5.41, 5.74) is 5.37. The van der Waals surface area contributed by atoms with Gasteiger partial charge < -0.3 is 5.73 Å². The summed E-state index contributed by atoms with van der Waals surface area (Å²) in [5.74, 6) is 1.53. The van der Waals surface area contributed by atoms with Crippen LogP contribution >= 0.6 is 12.2 Å². The van der Waals surface area contributed by atoms with Crippen LogP contribution in [-0.4, -0.2) is 19.8 Å². The lowest BCUT2D eigenvalue weighted by Crippen LogP contribution is -2.16. The number of hydrogen-bond acceptors (Lipinski definition) is 3. The second-order valence-electron chi connectivity index (χ2n) is 3.04. The predicted octanol–water partition coefficient (Wildman–Crippen LogP) is 0.442. The van der Waals surface area contributed by atoms with Gasteiger partial charge in [-0.1, -0.05) is 12.2 Å². The standard InChI is InChI=1S/C7H10N4S/c8-6(12)3-11-4-9-7(10-11)5-1-2-5/h4-5H,1-3H2,(H2,8,12). The van der Waals surface area contributed by atoms with Crippen LogP contribution in [0.25, 0.3) is 0 Å². The highest BCUT2D eigenvalue weighted by Crippen LogP contribution is 2.37. The van der Waals surface area contributed by atoms with E-state index in [4.69, 9.17) is 18.0 Å². The van der Waals surface area contributed by atoms with Gasteiger partial charge in [-0.05, 0) is 12.8 Å². The third-order valence-electron chi connectivity index (χ3n) is 1.81. The average Bonchev–Trinajstić information content (AvgIpc) is 2.73. The fourth-order valence-corrected chi connectivity index (χ4v) is 1.21. The Kier molecular flexibility index (Phi) is 1.80. The van der Waals surface area contributed by atoms with Crippen molar-refractivity contribution in [1.29, 1.82) is 0 Å². The lowest BCUT2D eigenvalue weighted by Gasteiger charge is -1.95. The topological polar surface area (TPSA) is 56.7 Å². The lowest BCUT2D eigenvalue weighted by molar-refractivity contribution is 0.707. The third kappa shape index (κ3) is 1.61. The van der Waals surface area contributed by atoms with Crippen LogP contribution in [0.3, 0.4) is 0 Å². The number of hydrogen-bond donors (Lipinski definition) is 1. The quantitative estimate of drug-likeness (QED) is 0.689. The van der Waals surface area contributed by atoms with Gasteiger partial charge in [0.15, 0.2) is 5.82 Å². The van der Waals surface area contributed by atoms with Gasteiger partial charge in [0.25, 0.3) is 0 Å². The summed E-state index contributed by atoms with van der Waals surface area (Å²) in [5, 5.41) is 4.25. The Hall–Kier alpha value is -0.970.